The summed E-state index contributed by atoms with van der Waals surface area (Å²) in [5.74, 6) is -3.14. The molecule has 0 bridgehead atoms. The molecular weight excluding hydrogens is 230 g/mol. The summed E-state index contributed by atoms with van der Waals surface area (Å²) < 4.78 is 25.5. The summed E-state index contributed by atoms with van der Waals surface area (Å²) in [7, 11) is 0. The third-order valence-electron chi connectivity index (χ3n) is 2.15. The van der Waals surface area contributed by atoms with Gasteiger partial charge in [-0.25, -0.2) is 8.78 Å². The van der Waals surface area contributed by atoms with E-state index in [1.807, 2.05) is 0 Å². The number of halogens is 2. The topological polar surface area (TPSA) is 72.2 Å². The predicted molar refractivity (Wildman–Crippen MR) is 56.9 cm³/mol. The number of nitrogens with one attached hydrogen (secondary N) is 1. The van der Waals surface area contributed by atoms with Crippen LogP contribution in [0.15, 0.2) is 18.2 Å². The van der Waals surface area contributed by atoms with Crippen molar-refractivity contribution in [3.63, 3.8) is 0 Å². The van der Waals surface area contributed by atoms with Crippen LogP contribution in [0.5, 0.6) is 0 Å². The van der Waals surface area contributed by atoms with E-state index < -0.39 is 29.5 Å². The maximum Gasteiger partial charge on any atom is 0.239 e. The zero-order chi connectivity index (χ0) is 13.0. The van der Waals surface area contributed by atoms with E-state index in [0.29, 0.717) is 5.56 Å². The molecule has 1 aromatic rings. The summed E-state index contributed by atoms with van der Waals surface area (Å²) >= 11 is 0. The molecule has 6 heteroatoms. The van der Waals surface area contributed by atoms with Crippen LogP contribution in [0.1, 0.15) is 12.5 Å². The molecule has 1 atom stereocenters. The second-order valence-electron chi connectivity index (χ2n) is 3.62. The van der Waals surface area contributed by atoms with Gasteiger partial charge in [-0.3, -0.25) is 9.59 Å². The van der Waals surface area contributed by atoms with Crippen LogP contribution in [-0.4, -0.2) is 17.9 Å². The number of primary amides is 1. The summed E-state index contributed by atoms with van der Waals surface area (Å²) in [6, 6.07) is 2.37. The van der Waals surface area contributed by atoms with Crippen LogP contribution in [0.3, 0.4) is 0 Å². The second-order valence-corrected chi connectivity index (χ2v) is 3.62. The van der Waals surface area contributed by atoms with Gasteiger partial charge in [0.15, 0.2) is 11.6 Å². The zero-order valence-corrected chi connectivity index (χ0v) is 9.17. The Labute approximate surface area is 96.8 Å². The number of rotatable bonds is 4. The van der Waals surface area contributed by atoms with Crippen molar-refractivity contribution in [1.29, 1.82) is 0 Å². The minimum absolute atomic E-state index is 0.144. The quantitative estimate of drug-likeness (QED) is 0.806. The Bertz CT molecular complexity index is 449. The van der Waals surface area contributed by atoms with E-state index in [9.17, 15) is 18.4 Å². The summed E-state index contributed by atoms with van der Waals surface area (Å²) in [5, 5.41) is 2.33. The van der Waals surface area contributed by atoms with Crippen LogP contribution < -0.4 is 11.1 Å². The molecule has 0 aliphatic rings. The Balaban J connectivity index is 2.62. The summed E-state index contributed by atoms with van der Waals surface area (Å²) in [6.45, 7) is 1.44. The number of carbonyl (C=O) groups excluding carboxylic acids is 2. The fraction of sp³-hybridized carbons (Fsp3) is 0.273. The standard InChI is InChI=1S/C11H12F2N2O2/c1-6(11(14)17)15-10(16)5-7-2-3-8(12)9(13)4-7/h2-4,6H,5H2,1H3,(H2,14,17)(H,15,16)/t6-/m1/s1. The molecule has 0 aliphatic heterocycles. The van der Waals surface area contributed by atoms with E-state index in [0.717, 1.165) is 12.1 Å². The minimum Gasteiger partial charge on any atom is -0.368 e. The van der Waals surface area contributed by atoms with Gasteiger partial charge in [0, 0.05) is 0 Å². The second kappa shape index (κ2) is 5.38. The van der Waals surface area contributed by atoms with E-state index >= 15 is 0 Å². The first-order valence-electron chi connectivity index (χ1n) is 4.92. The average molecular weight is 242 g/mol. The van der Waals surface area contributed by atoms with Crippen molar-refractivity contribution in [3.8, 4) is 0 Å². The largest absolute Gasteiger partial charge is 0.368 e. The van der Waals surface area contributed by atoms with Gasteiger partial charge >= 0.3 is 0 Å². The highest BCUT2D eigenvalue weighted by Gasteiger charge is 2.13. The molecule has 1 aromatic carbocycles. The van der Waals surface area contributed by atoms with Gasteiger partial charge in [-0.05, 0) is 24.6 Å². The van der Waals surface area contributed by atoms with Crippen molar-refractivity contribution in [3.05, 3.63) is 35.4 Å². The molecule has 0 saturated heterocycles. The molecule has 0 radical (unpaired) electrons. The highest BCUT2D eigenvalue weighted by molar-refractivity contribution is 5.87. The van der Waals surface area contributed by atoms with Crippen LogP contribution >= 0.6 is 0 Å². The lowest BCUT2D eigenvalue weighted by Crippen LogP contribution is -2.42. The molecule has 92 valence electrons. The van der Waals surface area contributed by atoms with Crippen molar-refractivity contribution in [2.75, 3.05) is 0 Å². The molecule has 4 nitrogen and oxygen atoms in total. The molecule has 0 saturated carbocycles. The van der Waals surface area contributed by atoms with Crippen molar-refractivity contribution < 1.29 is 18.4 Å². The number of hydrogen-bond acceptors (Lipinski definition) is 2. The lowest BCUT2D eigenvalue weighted by molar-refractivity contribution is -0.126. The number of benzene rings is 1. The van der Waals surface area contributed by atoms with Gasteiger partial charge in [-0.15, -0.1) is 0 Å². The molecule has 0 unspecified atom stereocenters. The third kappa shape index (κ3) is 3.82. The predicted octanol–water partition coefficient (Wildman–Crippen LogP) is 0.497. The molecule has 2 amide bonds. The summed E-state index contributed by atoms with van der Waals surface area (Å²) in [5.41, 5.74) is 5.28. The fourth-order valence-corrected chi connectivity index (χ4v) is 1.20. The first kappa shape index (κ1) is 13.1. The highest BCUT2D eigenvalue weighted by atomic mass is 19.2. The normalized spacial score (nSPS) is 11.9. The molecule has 0 aromatic heterocycles. The van der Waals surface area contributed by atoms with E-state index in [1.54, 1.807) is 0 Å². The van der Waals surface area contributed by atoms with Gasteiger partial charge in [-0.2, -0.15) is 0 Å². The lowest BCUT2D eigenvalue weighted by Gasteiger charge is -2.10. The molecule has 0 spiro atoms. The Hall–Kier alpha value is -1.98. The van der Waals surface area contributed by atoms with Gasteiger partial charge in [0.05, 0.1) is 6.42 Å². The Morgan fingerprint density at radius 3 is 2.53 bits per heavy atom. The van der Waals surface area contributed by atoms with E-state index in [4.69, 9.17) is 5.73 Å². The van der Waals surface area contributed by atoms with Crippen molar-refractivity contribution >= 4 is 11.8 Å². The molecule has 0 aliphatic carbocycles. The van der Waals surface area contributed by atoms with Crippen LogP contribution in [-0.2, 0) is 16.0 Å². The average Bonchev–Trinajstić information content (AvgIpc) is 2.23. The van der Waals surface area contributed by atoms with E-state index in [1.165, 1.54) is 13.0 Å². The minimum atomic E-state index is -1.02. The van der Waals surface area contributed by atoms with Gasteiger partial charge in [-0.1, -0.05) is 6.07 Å². The molecule has 1 rings (SSSR count). The fourth-order valence-electron chi connectivity index (χ4n) is 1.20. The van der Waals surface area contributed by atoms with E-state index in [2.05, 4.69) is 5.32 Å². The number of hydrogen-bond donors (Lipinski definition) is 2. The number of amides is 2. The summed E-state index contributed by atoms with van der Waals surface area (Å²) in [4.78, 5) is 22.1. The van der Waals surface area contributed by atoms with Crippen LogP contribution in [0.25, 0.3) is 0 Å². The van der Waals surface area contributed by atoms with Gasteiger partial charge in [0.1, 0.15) is 6.04 Å². The van der Waals surface area contributed by atoms with Gasteiger partial charge in [0.2, 0.25) is 11.8 Å². The van der Waals surface area contributed by atoms with Crippen molar-refractivity contribution in [2.24, 2.45) is 5.73 Å². The number of carbonyl (C=O) groups is 2. The summed E-state index contributed by atoms with van der Waals surface area (Å²) in [6.07, 6.45) is -0.144. The first-order chi connectivity index (χ1) is 7.90. The maximum atomic E-state index is 12.8. The molecule has 0 heterocycles. The Kier molecular flexibility index (Phi) is 4.14. The van der Waals surface area contributed by atoms with Gasteiger partial charge < -0.3 is 11.1 Å². The van der Waals surface area contributed by atoms with Crippen LogP contribution in [0, 0.1) is 11.6 Å². The van der Waals surface area contributed by atoms with Crippen LogP contribution in [0.2, 0.25) is 0 Å². The van der Waals surface area contributed by atoms with Crippen molar-refractivity contribution in [2.45, 2.75) is 19.4 Å². The molecule has 17 heavy (non-hydrogen) atoms. The van der Waals surface area contributed by atoms with Crippen LogP contribution in [0.4, 0.5) is 8.78 Å². The lowest BCUT2D eigenvalue weighted by atomic mass is 10.1. The monoisotopic (exact) mass is 242 g/mol. The Morgan fingerprint density at radius 1 is 1.35 bits per heavy atom. The Morgan fingerprint density at radius 2 is 2.00 bits per heavy atom. The van der Waals surface area contributed by atoms with Gasteiger partial charge in [0.25, 0.3) is 0 Å². The number of nitrogens with two attached hydrogens (primary N) is 1. The SMILES string of the molecule is C[C@@H](NC(=O)Cc1ccc(F)c(F)c1)C(N)=O. The highest BCUT2D eigenvalue weighted by Crippen LogP contribution is 2.09. The third-order valence-corrected chi connectivity index (χ3v) is 2.15. The van der Waals surface area contributed by atoms with Crippen molar-refractivity contribution in [1.82, 2.24) is 5.32 Å². The first-order valence-corrected chi connectivity index (χ1v) is 4.92. The smallest absolute Gasteiger partial charge is 0.239 e. The molecule has 3 N–H and O–H groups in total. The molecule has 0 fully saturated rings. The zero-order valence-electron chi connectivity index (χ0n) is 9.17. The molecular formula is C11H12F2N2O2. The maximum absolute atomic E-state index is 12.8. The van der Waals surface area contributed by atoms with E-state index in [-0.39, 0.29) is 6.42 Å².